The summed E-state index contributed by atoms with van der Waals surface area (Å²) in [6.45, 7) is 7.34. The van der Waals surface area contributed by atoms with E-state index in [1.54, 1.807) is 7.11 Å². The van der Waals surface area contributed by atoms with Gasteiger partial charge >= 0.3 is 5.97 Å². The van der Waals surface area contributed by atoms with E-state index in [0.29, 0.717) is 22.2 Å². The molecule has 0 aromatic heterocycles. The summed E-state index contributed by atoms with van der Waals surface area (Å²) in [6.07, 6.45) is 10.7. The van der Waals surface area contributed by atoms with Gasteiger partial charge in [-0.2, -0.15) is 0 Å². The zero-order valence-electron chi connectivity index (χ0n) is 15.3. The van der Waals surface area contributed by atoms with Crippen molar-refractivity contribution in [2.24, 2.45) is 45.3 Å². The number of rotatable bonds is 1. The zero-order chi connectivity index (χ0) is 16.3. The van der Waals surface area contributed by atoms with E-state index in [4.69, 9.17) is 4.74 Å². The average molecular weight is 316 g/mol. The predicted molar refractivity (Wildman–Crippen MR) is 89.7 cm³/mol. The van der Waals surface area contributed by atoms with Crippen LogP contribution < -0.4 is 0 Å². The van der Waals surface area contributed by atoms with Gasteiger partial charge in [0, 0.05) is 0 Å². The van der Waals surface area contributed by atoms with Crippen LogP contribution in [0.2, 0.25) is 0 Å². The van der Waals surface area contributed by atoms with E-state index < -0.39 is 0 Å². The highest BCUT2D eigenvalue weighted by Crippen LogP contribution is 2.85. The van der Waals surface area contributed by atoms with Crippen molar-refractivity contribution in [2.75, 3.05) is 7.11 Å². The summed E-state index contributed by atoms with van der Waals surface area (Å²) in [5, 5.41) is 0. The molecule has 6 rings (SSSR count). The van der Waals surface area contributed by atoms with E-state index in [1.807, 2.05) is 0 Å². The molecule has 0 unspecified atom stereocenters. The molecule has 0 saturated heterocycles. The van der Waals surface area contributed by atoms with Gasteiger partial charge in [-0.05, 0) is 91.8 Å². The Balaban J connectivity index is 1.54. The van der Waals surface area contributed by atoms with E-state index in [9.17, 15) is 4.79 Å². The van der Waals surface area contributed by atoms with Gasteiger partial charge in [0.2, 0.25) is 0 Å². The van der Waals surface area contributed by atoms with Gasteiger partial charge in [0.25, 0.3) is 0 Å². The molecule has 6 aliphatic rings. The Morgan fingerprint density at radius 2 is 1.78 bits per heavy atom. The van der Waals surface area contributed by atoms with Gasteiger partial charge in [-0.15, -0.1) is 0 Å². The number of ether oxygens (including phenoxy) is 1. The summed E-state index contributed by atoms with van der Waals surface area (Å²) < 4.78 is 5.26. The summed E-state index contributed by atoms with van der Waals surface area (Å²) in [5.41, 5.74) is 1.47. The first-order valence-electron chi connectivity index (χ1n) is 9.89. The SMILES string of the molecule is COC(=O)[C@]1(C)CCC[C@@]2(C)[C@@H]3C[C@H]4[C@H]5C[C@@]3(CC[C@@H]21)C[C@]54C. The summed E-state index contributed by atoms with van der Waals surface area (Å²) in [5.74, 6) is 3.53. The van der Waals surface area contributed by atoms with Crippen LogP contribution in [0.4, 0.5) is 0 Å². The first kappa shape index (κ1) is 14.8. The molecule has 6 fully saturated rings. The van der Waals surface area contributed by atoms with Crippen molar-refractivity contribution < 1.29 is 9.53 Å². The van der Waals surface area contributed by atoms with Gasteiger partial charge in [0.1, 0.15) is 0 Å². The van der Waals surface area contributed by atoms with Crippen molar-refractivity contribution in [1.82, 2.24) is 0 Å². The molecule has 128 valence electrons. The number of hydrogen-bond donors (Lipinski definition) is 0. The summed E-state index contributed by atoms with van der Waals surface area (Å²) in [4.78, 5) is 12.6. The molecule has 0 radical (unpaired) electrons. The number of esters is 1. The Labute approximate surface area is 140 Å². The number of methoxy groups -OCH3 is 1. The first-order valence-corrected chi connectivity index (χ1v) is 9.89. The summed E-state index contributed by atoms with van der Waals surface area (Å²) >= 11 is 0. The van der Waals surface area contributed by atoms with Crippen molar-refractivity contribution in [3.8, 4) is 0 Å². The van der Waals surface area contributed by atoms with Crippen LogP contribution in [0.15, 0.2) is 0 Å². The molecule has 6 saturated carbocycles. The van der Waals surface area contributed by atoms with Crippen LogP contribution in [-0.4, -0.2) is 13.1 Å². The molecular formula is C21H32O2. The van der Waals surface area contributed by atoms with Gasteiger partial charge in [0.15, 0.2) is 0 Å². The second-order valence-corrected chi connectivity index (χ2v) is 10.6. The lowest BCUT2D eigenvalue weighted by molar-refractivity contribution is -0.189. The Kier molecular flexibility index (Phi) is 2.57. The third-order valence-electron chi connectivity index (χ3n) is 10.0. The number of fused-ring (bicyclic) bond motifs is 1. The molecule has 0 N–H and O–H groups in total. The molecule has 8 atom stereocenters. The van der Waals surface area contributed by atoms with E-state index in [2.05, 4.69) is 20.8 Å². The van der Waals surface area contributed by atoms with Crippen molar-refractivity contribution in [1.29, 1.82) is 0 Å². The number of carbonyl (C=O) groups is 1. The predicted octanol–water partition coefficient (Wildman–Crippen LogP) is 4.82. The smallest absolute Gasteiger partial charge is 0.311 e. The summed E-state index contributed by atoms with van der Waals surface area (Å²) in [6, 6.07) is 0. The van der Waals surface area contributed by atoms with Crippen molar-refractivity contribution >= 4 is 5.97 Å². The molecule has 23 heavy (non-hydrogen) atoms. The van der Waals surface area contributed by atoms with Crippen LogP contribution in [0.25, 0.3) is 0 Å². The quantitative estimate of drug-likeness (QED) is 0.648. The summed E-state index contributed by atoms with van der Waals surface area (Å²) in [7, 11) is 1.58. The van der Waals surface area contributed by atoms with Crippen LogP contribution in [0.1, 0.15) is 72.1 Å². The lowest BCUT2D eigenvalue weighted by Gasteiger charge is -2.65. The molecule has 0 aromatic carbocycles. The fraction of sp³-hybridized carbons (Fsp3) is 0.952. The highest BCUT2D eigenvalue weighted by atomic mass is 16.5. The Hall–Kier alpha value is -0.530. The first-order chi connectivity index (χ1) is 10.8. The van der Waals surface area contributed by atoms with Gasteiger partial charge in [-0.3, -0.25) is 4.79 Å². The van der Waals surface area contributed by atoms with Gasteiger partial charge in [-0.25, -0.2) is 0 Å². The third kappa shape index (κ3) is 1.47. The van der Waals surface area contributed by atoms with Gasteiger partial charge in [0.05, 0.1) is 12.5 Å². The second-order valence-electron chi connectivity index (χ2n) is 10.6. The molecule has 1 spiro atoms. The minimum absolute atomic E-state index is 0.0583. The Morgan fingerprint density at radius 3 is 2.43 bits per heavy atom. The maximum Gasteiger partial charge on any atom is 0.311 e. The van der Waals surface area contributed by atoms with Gasteiger partial charge in [-0.1, -0.05) is 20.3 Å². The molecule has 6 aliphatic carbocycles. The van der Waals surface area contributed by atoms with Crippen LogP contribution in [0.3, 0.4) is 0 Å². The fourth-order valence-electron chi connectivity index (χ4n) is 9.09. The Morgan fingerprint density at radius 1 is 1.00 bits per heavy atom. The van der Waals surface area contributed by atoms with E-state index in [1.165, 1.54) is 44.9 Å². The minimum Gasteiger partial charge on any atom is -0.469 e. The number of hydrogen-bond acceptors (Lipinski definition) is 2. The highest BCUT2D eigenvalue weighted by Gasteiger charge is 2.78. The molecule has 0 aliphatic heterocycles. The van der Waals surface area contributed by atoms with Crippen LogP contribution >= 0.6 is 0 Å². The van der Waals surface area contributed by atoms with E-state index in [-0.39, 0.29) is 11.4 Å². The Bertz CT molecular complexity index is 584. The maximum absolute atomic E-state index is 12.6. The zero-order valence-corrected chi connectivity index (χ0v) is 15.3. The molecule has 0 aromatic rings. The second kappa shape index (κ2) is 3.99. The third-order valence-corrected chi connectivity index (χ3v) is 10.0. The molecule has 4 bridgehead atoms. The van der Waals surface area contributed by atoms with Gasteiger partial charge < -0.3 is 4.74 Å². The molecule has 2 heteroatoms. The highest BCUT2D eigenvalue weighted by molar-refractivity contribution is 5.77. The van der Waals surface area contributed by atoms with Crippen molar-refractivity contribution in [3.63, 3.8) is 0 Å². The fourth-order valence-corrected chi connectivity index (χ4v) is 9.09. The number of carbonyl (C=O) groups excluding carboxylic acids is 1. The largest absolute Gasteiger partial charge is 0.469 e. The molecular weight excluding hydrogens is 284 g/mol. The lowest BCUT2D eigenvalue weighted by Crippen LogP contribution is -2.59. The minimum atomic E-state index is -0.239. The monoisotopic (exact) mass is 316 g/mol. The van der Waals surface area contributed by atoms with Crippen LogP contribution in [0.5, 0.6) is 0 Å². The lowest BCUT2D eigenvalue weighted by atomic mass is 9.39. The normalized spacial score (nSPS) is 62.3. The van der Waals surface area contributed by atoms with Crippen LogP contribution in [-0.2, 0) is 9.53 Å². The van der Waals surface area contributed by atoms with Crippen molar-refractivity contribution in [2.45, 2.75) is 72.1 Å². The maximum atomic E-state index is 12.6. The topological polar surface area (TPSA) is 26.3 Å². The molecule has 0 amide bonds. The van der Waals surface area contributed by atoms with Crippen LogP contribution in [0, 0.1) is 45.3 Å². The van der Waals surface area contributed by atoms with E-state index in [0.717, 1.165) is 24.2 Å². The van der Waals surface area contributed by atoms with Crippen molar-refractivity contribution in [3.05, 3.63) is 0 Å². The van der Waals surface area contributed by atoms with E-state index >= 15 is 0 Å². The average Bonchev–Trinajstić information content (AvgIpc) is 2.97. The standard InChI is InChI=1S/C21H32O2/c1-18-7-5-8-19(2,17(22)23-4)15(18)6-9-21-11-14-13(10-16(18)21)20(14,3)12-21/h13-16H,5-12H2,1-4H3/t13-,14+,15-,16-,18+,19+,20-,21-/m0/s1. The molecule has 0 heterocycles. The molecule has 2 nitrogen and oxygen atoms in total.